The Balaban J connectivity index is 1.42. The summed E-state index contributed by atoms with van der Waals surface area (Å²) in [5.41, 5.74) is 0.931. The van der Waals surface area contributed by atoms with Crippen molar-refractivity contribution >= 4 is 17.7 Å². The topological polar surface area (TPSA) is 75.9 Å². The number of carbonyl (C=O) groups excluding carboxylic acids is 1. The highest BCUT2D eigenvalue weighted by atomic mass is 19.1. The molecule has 1 aliphatic rings. The van der Waals surface area contributed by atoms with Gasteiger partial charge in [-0.25, -0.2) is 23.4 Å². The zero-order valence-electron chi connectivity index (χ0n) is 16.6. The van der Waals surface area contributed by atoms with Crippen molar-refractivity contribution in [2.75, 3.05) is 23.3 Å². The van der Waals surface area contributed by atoms with Crippen LogP contribution in [0.4, 0.5) is 20.5 Å². The van der Waals surface area contributed by atoms with Crippen LogP contribution in [0.5, 0.6) is 0 Å². The molecule has 0 radical (unpaired) electrons. The Hall–Kier alpha value is -3.36. The number of hydrogen-bond donors (Lipinski definition) is 1. The summed E-state index contributed by atoms with van der Waals surface area (Å²) in [5, 5.41) is 7.15. The number of benzene rings is 1. The van der Waals surface area contributed by atoms with Crippen molar-refractivity contribution in [3.63, 3.8) is 0 Å². The molecule has 1 amide bonds. The van der Waals surface area contributed by atoms with Gasteiger partial charge in [-0.2, -0.15) is 5.10 Å². The van der Waals surface area contributed by atoms with Crippen LogP contribution in [-0.4, -0.2) is 38.7 Å². The van der Waals surface area contributed by atoms with Gasteiger partial charge >= 0.3 is 0 Å². The average Bonchev–Trinajstić information content (AvgIpc) is 3.10. The molecule has 0 atom stereocenters. The van der Waals surface area contributed by atoms with E-state index in [2.05, 4.69) is 25.3 Å². The molecule has 30 heavy (non-hydrogen) atoms. The molecule has 3 aromatic rings. The Morgan fingerprint density at radius 2 is 1.93 bits per heavy atom. The lowest BCUT2D eigenvalue weighted by atomic mass is 9.96. The number of nitrogens with one attached hydrogen (secondary N) is 1. The Bertz CT molecular complexity index is 1030. The number of carbonyl (C=O) groups is 1. The van der Waals surface area contributed by atoms with E-state index in [1.165, 1.54) is 4.68 Å². The van der Waals surface area contributed by atoms with Gasteiger partial charge in [0.1, 0.15) is 17.5 Å². The largest absolute Gasteiger partial charge is 0.341 e. The summed E-state index contributed by atoms with van der Waals surface area (Å²) in [4.78, 5) is 23.4. The summed E-state index contributed by atoms with van der Waals surface area (Å²) >= 11 is 0. The minimum atomic E-state index is -0.519. The van der Waals surface area contributed by atoms with Gasteiger partial charge in [-0.3, -0.25) is 4.79 Å². The summed E-state index contributed by atoms with van der Waals surface area (Å²) in [6, 6.07) is 5.07. The first-order chi connectivity index (χ1) is 14.5. The van der Waals surface area contributed by atoms with Crippen LogP contribution in [0, 0.1) is 24.5 Å². The predicted octanol–water partition coefficient (Wildman–Crippen LogP) is 3.16. The van der Waals surface area contributed by atoms with Gasteiger partial charge in [-0.15, -0.1) is 0 Å². The number of aromatic nitrogens is 4. The standard InChI is InChI=1S/C21H22F2N6O/c1-14-12-26-29(13-16-11-17(22)3-4-18(16)23)19(14)27-20(30)15-5-9-28(10-6-15)21-24-7-2-8-25-21/h2-4,7-8,11-12,15H,5-6,9-10,13H2,1H3,(H,27,30). The molecular formula is C21H22F2N6O. The molecular weight excluding hydrogens is 390 g/mol. The SMILES string of the molecule is Cc1cnn(Cc2cc(F)ccc2F)c1NC(=O)C1CCN(c2ncccn2)CC1. The van der Waals surface area contributed by atoms with E-state index in [-0.39, 0.29) is 23.9 Å². The summed E-state index contributed by atoms with van der Waals surface area (Å²) in [6.45, 7) is 3.22. The highest BCUT2D eigenvalue weighted by Crippen LogP contribution is 2.24. The maximum atomic E-state index is 14.0. The summed E-state index contributed by atoms with van der Waals surface area (Å²) in [7, 11) is 0. The number of hydrogen-bond acceptors (Lipinski definition) is 5. The van der Waals surface area contributed by atoms with Crippen molar-refractivity contribution < 1.29 is 13.6 Å². The monoisotopic (exact) mass is 412 g/mol. The van der Waals surface area contributed by atoms with Crippen LogP contribution in [0.15, 0.2) is 42.9 Å². The summed E-state index contributed by atoms with van der Waals surface area (Å²) in [5.74, 6) is -0.126. The van der Waals surface area contributed by atoms with Crippen molar-refractivity contribution in [1.82, 2.24) is 19.7 Å². The third kappa shape index (κ3) is 4.29. The third-order valence-corrected chi connectivity index (χ3v) is 5.29. The summed E-state index contributed by atoms with van der Waals surface area (Å²) < 4.78 is 29.0. The van der Waals surface area contributed by atoms with Crippen LogP contribution in [0.1, 0.15) is 24.0 Å². The molecule has 156 valence electrons. The minimum absolute atomic E-state index is 0.0246. The number of piperidine rings is 1. The van der Waals surface area contributed by atoms with E-state index in [9.17, 15) is 13.6 Å². The predicted molar refractivity (Wildman–Crippen MR) is 108 cm³/mol. The van der Waals surface area contributed by atoms with Crippen LogP contribution in [-0.2, 0) is 11.3 Å². The zero-order chi connectivity index (χ0) is 21.1. The molecule has 2 aromatic heterocycles. The van der Waals surface area contributed by atoms with Crippen LogP contribution >= 0.6 is 0 Å². The Morgan fingerprint density at radius 3 is 2.67 bits per heavy atom. The van der Waals surface area contributed by atoms with Gasteiger partial charge in [0.2, 0.25) is 11.9 Å². The average molecular weight is 412 g/mol. The van der Waals surface area contributed by atoms with Gasteiger partial charge in [-0.05, 0) is 44.0 Å². The lowest BCUT2D eigenvalue weighted by molar-refractivity contribution is -0.120. The normalized spacial score (nSPS) is 14.7. The van der Waals surface area contributed by atoms with Gasteiger partial charge in [0.25, 0.3) is 0 Å². The van der Waals surface area contributed by atoms with E-state index in [1.807, 2.05) is 6.92 Å². The first kappa shape index (κ1) is 19.9. The number of halogens is 2. The number of anilines is 2. The van der Waals surface area contributed by atoms with Crippen LogP contribution in [0.3, 0.4) is 0 Å². The second-order valence-electron chi connectivity index (χ2n) is 7.37. The molecule has 9 heteroatoms. The highest BCUT2D eigenvalue weighted by Gasteiger charge is 2.27. The lowest BCUT2D eigenvalue weighted by Gasteiger charge is -2.31. The van der Waals surface area contributed by atoms with Gasteiger partial charge in [0.15, 0.2) is 0 Å². The molecule has 1 N–H and O–H groups in total. The molecule has 0 unspecified atom stereocenters. The van der Waals surface area contributed by atoms with E-state index < -0.39 is 11.6 Å². The first-order valence-electron chi connectivity index (χ1n) is 9.80. The number of aryl methyl sites for hydroxylation is 1. The van der Waals surface area contributed by atoms with Gasteiger partial charge in [-0.1, -0.05) is 0 Å². The zero-order valence-corrected chi connectivity index (χ0v) is 16.6. The minimum Gasteiger partial charge on any atom is -0.341 e. The molecule has 1 aromatic carbocycles. The van der Waals surface area contributed by atoms with E-state index in [0.717, 1.165) is 23.8 Å². The molecule has 0 aliphatic carbocycles. The fraction of sp³-hybridized carbons (Fsp3) is 0.333. The Labute approximate surface area is 172 Å². The second kappa shape index (κ2) is 8.56. The lowest BCUT2D eigenvalue weighted by Crippen LogP contribution is -2.39. The molecule has 7 nitrogen and oxygen atoms in total. The molecule has 0 bridgehead atoms. The number of amides is 1. The van der Waals surface area contributed by atoms with Crippen molar-refractivity contribution in [3.8, 4) is 0 Å². The fourth-order valence-electron chi connectivity index (χ4n) is 3.60. The van der Waals surface area contributed by atoms with E-state index in [0.29, 0.717) is 37.7 Å². The van der Waals surface area contributed by atoms with Crippen molar-refractivity contribution in [1.29, 1.82) is 0 Å². The fourth-order valence-corrected chi connectivity index (χ4v) is 3.60. The maximum absolute atomic E-state index is 14.0. The summed E-state index contributed by atoms with van der Waals surface area (Å²) in [6.07, 6.45) is 6.35. The maximum Gasteiger partial charge on any atom is 0.228 e. The molecule has 1 aliphatic heterocycles. The van der Waals surface area contributed by atoms with Crippen molar-refractivity contribution in [2.24, 2.45) is 5.92 Å². The molecule has 0 saturated carbocycles. The quantitative estimate of drug-likeness (QED) is 0.697. The Kier molecular flexibility index (Phi) is 5.69. The van der Waals surface area contributed by atoms with Crippen LogP contribution in [0.2, 0.25) is 0 Å². The van der Waals surface area contributed by atoms with Crippen LogP contribution < -0.4 is 10.2 Å². The molecule has 0 spiro atoms. The van der Waals surface area contributed by atoms with E-state index in [4.69, 9.17) is 0 Å². The molecule has 4 rings (SSSR count). The highest BCUT2D eigenvalue weighted by molar-refractivity contribution is 5.92. The molecule has 1 saturated heterocycles. The number of rotatable bonds is 5. The first-order valence-corrected chi connectivity index (χ1v) is 9.80. The van der Waals surface area contributed by atoms with Gasteiger partial charge in [0.05, 0.1) is 12.7 Å². The van der Waals surface area contributed by atoms with Crippen molar-refractivity contribution in [3.05, 3.63) is 65.6 Å². The second-order valence-corrected chi connectivity index (χ2v) is 7.37. The van der Waals surface area contributed by atoms with Crippen LogP contribution in [0.25, 0.3) is 0 Å². The molecule has 1 fully saturated rings. The van der Waals surface area contributed by atoms with Gasteiger partial charge < -0.3 is 10.2 Å². The van der Waals surface area contributed by atoms with E-state index in [1.54, 1.807) is 24.7 Å². The Morgan fingerprint density at radius 1 is 1.20 bits per heavy atom. The van der Waals surface area contributed by atoms with Gasteiger partial charge in [0, 0.05) is 42.5 Å². The smallest absolute Gasteiger partial charge is 0.228 e. The van der Waals surface area contributed by atoms with Crippen molar-refractivity contribution in [2.45, 2.75) is 26.3 Å². The third-order valence-electron chi connectivity index (χ3n) is 5.29. The van der Waals surface area contributed by atoms with E-state index >= 15 is 0 Å². The molecule has 3 heterocycles. The number of nitrogens with zero attached hydrogens (tertiary/aromatic N) is 5.